The van der Waals surface area contributed by atoms with Crippen molar-refractivity contribution in [1.82, 2.24) is 0 Å². The van der Waals surface area contributed by atoms with Gasteiger partial charge in [-0.25, -0.2) is 8.42 Å². The topological polar surface area (TPSA) is 66.4 Å². The lowest BCUT2D eigenvalue weighted by atomic mass is 10.1. The summed E-state index contributed by atoms with van der Waals surface area (Å²) in [6.45, 7) is 1.46. The Bertz CT molecular complexity index is 778. The highest BCUT2D eigenvalue weighted by Crippen LogP contribution is 2.28. The first-order chi connectivity index (χ1) is 9.85. The van der Waals surface area contributed by atoms with E-state index >= 15 is 0 Å². The highest BCUT2D eigenvalue weighted by Gasteiger charge is 2.18. The fourth-order valence-electron chi connectivity index (χ4n) is 1.89. The number of rotatable bonds is 4. The third kappa shape index (κ3) is 3.58. The van der Waals surface area contributed by atoms with Crippen molar-refractivity contribution in [2.24, 2.45) is 0 Å². The third-order valence-corrected chi connectivity index (χ3v) is 5.77. The molecule has 2 aromatic rings. The molecule has 4 nitrogen and oxygen atoms in total. The summed E-state index contributed by atoms with van der Waals surface area (Å²) in [6.07, 6.45) is 0. The van der Waals surface area contributed by atoms with E-state index < -0.39 is 10.0 Å². The second kappa shape index (κ2) is 6.36. The van der Waals surface area contributed by atoms with Gasteiger partial charge in [-0.2, -0.15) is 0 Å². The van der Waals surface area contributed by atoms with E-state index in [0.717, 1.165) is 0 Å². The second-order valence-electron chi connectivity index (χ2n) is 4.43. The Hall–Kier alpha value is -1.08. The molecule has 0 aliphatic heterocycles. The molecule has 0 radical (unpaired) electrons. The normalized spacial score (nSPS) is 11.4. The van der Waals surface area contributed by atoms with E-state index in [1.165, 1.54) is 6.07 Å². The Morgan fingerprint density at radius 3 is 2.62 bits per heavy atom. The Labute approximate surface area is 136 Å². The molecule has 0 bridgehead atoms. The zero-order chi connectivity index (χ0) is 15.6. The van der Waals surface area contributed by atoms with Crippen LogP contribution in [0.5, 0.6) is 0 Å². The van der Waals surface area contributed by atoms with Crippen LogP contribution in [-0.2, 0) is 16.6 Å². The summed E-state index contributed by atoms with van der Waals surface area (Å²) in [7, 11) is -3.73. The van der Waals surface area contributed by atoms with Crippen LogP contribution in [0.25, 0.3) is 0 Å². The molecule has 0 saturated heterocycles. The predicted octanol–water partition coefficient (Wildman–Crippen LogP) is 3.70. The smallest absolute Gasteiger partial charge is 0.262 e. The van der Waals surface area contributed by atoms with Crippen molar-refractivity contribution in [2.75, 3.05) is 4.72 Å². The van der Waals surface area contributed by atoms with Crippen LogP contribution in [0.1, 0.15) is 11.1 Å². The maximum Gasteiger partial charge on any atom is 0.262 e. The molecule has 112 valence electrons. The Morgan fingerprint density at radius 2 is 2.00 bits per heavy atom. The molecule has 0 aliphatic rings. The lowest BCUT2D eigenvalue weighted by molar-refractivity contribution is 0.280. The quantitative estimate of drug-likeness (QED) is 0.836. The fourth-order valence-corrected chi connectivity index (χ4v) is 3.73. The zero-order valence-electron chi connectivity index (χ0n) is 11.1. The van der Waals surface area contributed by atoms with Crippen LogP contribution < -0.4 is 4.72 Å². The van der Waals surface area contributed by atoms with Crippen molar-refractivity contribution in [3.63, 3.8) is 0 Å². The average Bonchev–Trinajstić information content (AvgIpc) is 2.42. The number of hydrogen-bond acceptors (Lipinski definition) is 3. The van der Waals surface area contributed by atoms with Gasteiger partial charge in [0.05, 0.1) is 22.2 Å². The molecule has 7 heteroatoms. The number of anilines is 1. The maximum atomic E-state index is 12.4. The fraction of sp³-hybridized carbons (Fsp3) is 0.143. The molecule has 0 amide bonds. The monoisotopic (exact) mass is 389 g/mol. The first kappa shape index (κ1) is 16.3. The van der Waals surface area contributed by atoms with Crippen LogP contribution in [0, 0.1) is 6.92 Å². The summed E-state index contributed by atoms with van der Waals surface area (Å²) in [6, 6.07) is 9.56. The minimum absolute atomic E-state index is 0.139. The summed E-state index contributed by atoms with van der Waals surface area (Å²) in [4.78, 5) is 0.139. The van der Waals surface area contributed by atoms with E-state index in [2.05, 4.69) is 20.7 Å². The summed E-state index contributed by atoms with van der Waals surface area (Å²) in [5.41, 5.74) is 1.51. The molecule has 0 aliphatic carbocycles. The van der Waals surface area contributed by atoms with Crippen LogP contribution >= 0.6 is 27.5 Å². The lowest BCUT2D eigenvalue weighted by Gasteiger charge is -2.13. The zero-order valence-corrected chi connectivity index (χ0v) is 14.3. The molecule has 2 rings (SSSR count). The average molecular weight is 391 g/mol. The van der Waals surface area contributed by atoms with E-state index in [4.69, 9.17) is 11.6 Å². The van der Waals surface area contributed by atoms with E-state index in [1.54, 1.807) is 37.3 Å². The van der Waals surface area contributed by atoms with Gasteiger partial charge in [0.15, 0.2) is 0 Å². The molecular weight excluding hydrogens is 378 g/mol. The Morgan fingerprint density at radius 1 is 1.29 bits per heavy atom. The first-order valence-corrected chi connectivity index (χ1v) is 8.68. The number of aliphatic hydroxyl groups excluding tert-OH is 1. The highest BCUT2D eigenvalue weighted by atomic mass is 79.9. The van der Waals surface area contributed by atoms with Gasteiger partial charge < -0.3 is 5.11 Å². The number of benzene rings is 2. The van der Waals surface area contributed by atoms with E-state index in [9.17, 15) is 13.5 Å². The highest BCUT2D eigenvalue weighted by molar-refractivity contribution is 9.10. The minimum Gasteiger partial charge on any atom is -0.392 e. The van der Waals surface area contributed by atoms with Crippen molar-refractivity contribution in [2.45, 2.75) is 18.4 Å². The number of sulfonamides is 1. The first-order valence-electron chi connectivity index (χ1n) is 6.02. The summed E-state index contributed by atoms with van der Waals surface area (Å²) < 4.78 is 28.0. The van der Waals surface area contributed by atoms with Crippen LogP contribution in [0.2, 0.25) is 5.02 Å². The van der Waals surface area contributed by atoms with Crippen LogP contribution in [0.3, 0.4) is 0 Å². The molecule has 0 heterocycles. The van der Waals surface area contributed by atoms with Gasteiger partial charge in [-0.3, -0.25) is 4.72 Å². The Balaban J connectivity index is 2.41. The third-order valence-electron chi connectivity index (χ3n) is 3.03. The molecule has 0 saturated carbocycles. The summed E-state index contributed by atoms with van der Waals surface area (Å²) >= 11 is 9.13. The second-order valence-corrected chi connectivity index (χ2v) is 7.35. The number of hydrogen-bond donors (Lipinski definition) is 2. The van der Waals surface area contributed by atoms with Gasteiger partial charge in [-0.1, -0.05) is 23.7 Å². The maximum absolute atomic E-state index is 12.4. The predicted molar refractivity (Wildman–Crippen MR) is 87.1 cm³/mol. The van der Waals surface area contributed by atoms with E-state index in [0.29, 0.717) is 26.3 Å². The molecule has 0 unspecified atom stereocenters. The number of nitrogens with one attached hydrogen (secondary N) is 1. The summed E-state index contributed by atoms with van der Waals surface area (Å²) in [5, 5.41) is 9.73. The largest absolute Gasteiger partial charge is 0.392 e. The van der Waals surface area contributed by atoms with Gasteiger partial charge in [-0.15, -0.1) is 0 Å². The van der Waals surface area contributed by atoms with Crippen molar-refractivity contribution >= 4 is 43.2 Å². The van der Waals surface area contributed by atoms with E-state index in [1.807, 2.05) is 0 Å². The summed E-state index contributed by atoms with van der Waals surface area (Å²) in [5.74, 6) is 0. The van der Waals surface area contributed by atoms with Crippen LogP contribution in [-0.4, -0.2) is 13.5 Å². The van der Waals surface area contributed by atoms with Crippen molar-refractivity contribution in [3.8, 4) is 0 Å². The van der Waals surface area contributed by atoms with Crippen molar-refractivity contribution in [3.05, 3.63) is 57.0 Å². The van der Waals surface area contributed by atoms with Crippen LogP contribution in [0.4, 0.5) is 5.69 Å². The van der Waals surface area contributed by atoms with Gasteiger partial charge in [0, 0.05) is 4.47 Å². The molecule has 2 aromatic carbocycles. The standard InChI is InChI=1S/C14H13BrClNO3S/c1-9-10(8-18)3-2-4-14(9)21(19,20)17-11-5-6-13(16)12(15)7-11/h2-7,17-18H,8H2,1H3. The van der Waals surface area contributed by atoms with E-state index in [-0.39, 0.29) is 11.5 Å². The Kier molecular flexibility index (Phi) is 4.93. The van der Waals surface area contributed by atoms with Gasteiger partial charge in [0.2, 0.25) is 0 Å². The SMILES string of the molecule is Cc1c(CO)cccc1S(=O)(=O)Nc1ccc(Cl)c(Br)c1. The lowest BCUT2D eigenvalue weighted by Crippen LogP contribution is -2.15. The van der Waals surface area contributed by atoms with Crippen molar-refractivity contribution in [1.29, 1.82) is 0 Å². The molecule has 0 aromatic heterocycles. The van der Waals surface area contributed by atoms with Gasteiger partial charge in [0.25, 0.3) is 10.0 Å². The molecule has 0 spiro atoms. The molecular formula is C14H13BrClNO3S. The van der Waals surface area contributed by atoms with Crippen LogP contribution in [0.15, 0.2) is 45.8 Å². The number of aliphatic hydroxyl groups is 1. The molecule has 0 fully saturated rings. The molecule has 2 N–H and O–H groups in total. The van der Waals surface area contributed by atoms with Crippen molar-refractivity contribution < 1.29 is 13.5 Å². The number of halogens is 2. The van der Waals surface area contributed by atoms with Gasteiger partial charge in [-0.05, 0) is 58.2 Å². The van der Waals surface area contributed by atoms with Gasteiger partial charge >= 0.3 is 0 Å². The molecule has 21 heavy (non-hydrogen) atoms. The minimum atomic E-state index is -3.73. The van der Waals surface area contributed by atoms with Gasteiger partial charge in [0.1, 0.15) is 0 Å². The molecule has 0 atom stereocenters.